The van der Waals surface area contributed by atoms with Gasteiger partial charge in [-0.3, -0.25) is 9.59 Å². The largest absolute Gasteiger partial charge is 0.492 e. The van der Waals surface area contributed by atoms with Gasteiger partial charge in [-0.25, -0.2) is 0 Å². The quantitative estimate of drug-likeness (QED) is 0.487. The molecule has 1 aliphatic heterocycles. The Kier molecular flexibility index (Phi) is 8.50. The molecule has 0 unspecified atom stereocenters. The Bertz CT molecular complexity index is 740. The van der Waals surface area contributed by atoms with Crippen molar-refractivity contribution in [3.8, 4) is 5.75 Å². The van der Waals surface area contributed by atoms with E-state index in [0.29, 0.717) is 32.5 Å². The van der Waals surface area contributed by atoms with Gasteiger partial charge < -0.3 is 15.0 Å². The fraction of sp³-hybridized carbons (Fsp3) is 0.565. The summed E-state index contributed by atoms with van der Waals surface area (Å²) in [4.78, 5) is 26.5. The monoisotopic (exact) mass is 416 g/mol. The van der Waals surface area contributed by atoms with Crippen LogP contribution < -0.4 is 10.1 Å². The van der Waals surface area contributed by atoms with Crippen LogP contribution in [-0.4, -0.2) is 50.5 Å². The standard InChI is InChI=1S/C23H36N2O3Si/c1-18-11-12-20(17-19(18)2)28-15-14-25(13-6-7-16-29(3,4)5)23(27)21-9-8-10-22(26)24-21/h6-7,11-12,17,21H,8-10,13-16H2,1-5H3,(H,24,26)/t21-/m0/s1. The van der Waals surface area contributed by atoms with Crippen LogP contribution in [0.3, 0.4) is 0 Å². The number of nitrogens with zero attached hydrogens (tertiary/aromatic N) is 1. The highest BCUT2D eigenvalue weighted by Crippen LogP contribution is 2.17. The molecule has 1 aromatic rings. The van der Waals surface area contributed by atoms with Gasteiger partial charge in [-0.05, 0) is 56.0 Å². The van der Waals surface area contributed by atoms with Crippen LogP contribution in [0.1, 0.15) is 30.4 Å². The van der Waals surface area contributed by atoms with Crippen LogP contribution in [0, 0.1) is 13.8 Å². The van der Waals surface area contributed by atoms with Crippen molar-refractivity contribution < 1.29 is 14.3 Å². The molecule has 160 valence electrons. The lowest BCUT2D eigenvalue weighted by Crippen LogP contribution is -2.51. The summed E-state index contributed by atoms with van der Waals surface area (Å²) in [5.74, 6) is 0.773. The van der Waals surface area contributed by atoms with Crippen molar-refractivity contribution in [3.63, 3.8) is 0 Å². The number of rotatable bonds is 9. The van der Waals surface area contributed by atoms with Crippen LogP contribution in [-0.2, 0) is 9.59 Å². The van der Waals surface area contributed by atoms with Crippen molar-refractivity contribution in [3.05, 3.63) is 41.5 Å². The highest BCUT2D eigenvalue weighted by atomic mass is 28.3. The van der Waals surface area contributed by atoms with E-state index < -0.39 is 14.1 Å². The van der Waals surface area contributed by atoms with Crippen LogP contribution >= 0.6 is 0 Å². The van der Waals surface area contributed by atoms with Gasteiger partial charge in [-0.2, -0.15) is 0 Å². The van der Waals surface area contributed by atoms with Crippen molar-refractivity contribution in [2.75, 3.05) is 19.7 Å². The minimum atomic E-state index is -1.15. The molecule has 5 nitrogen and oxygen atoms in total. The molecule has 0 spiro atoms. The number of ether oxygens (including phenoxy) is 1. The molecule has 1 fully saturated rings. The minimum absolute atomic E-state index is 0.0145. The van der Waals surface area contributed by atoms with Crippen LogP contribution in [0.25, 0.3) is 0 Å². The van der Waals surface area contributed by atoms with Gasteiger partial charge >= 0.3 is 0 Å². The van der Waals surface area contributed by atoms with Crippen molar-refractivity contribution in [1.82, 2.24) is 10.2 Å². The zero-order valence-electron chi connectivity index (χ0n) is 18.6. The molecule has 6 heteroatoms. The van der Waals surface area contributed by atoms with E-state index in [4.69, 9.17) is 4.74 Å². The molecule has 1 aromatic carbocycles. The third-order valence-electron chi connectivity index (χ3n) is 5.17. The van der Waals surface area contributed by atoms with Gasteiger partial charge in [0.15, 0.2) is 0 Å². The zero-order valence-corrected chi connectivity index (χ0v) is 19.6. The molecule has 1 heterocycles. The van der Waals surface area contributed by atoms with E-state index >= 15 is 0 Å². The van der Waals surface area contributed by atoms with Crippen molar-refractivity contribution in [1.29, 1.82) is 0 Å². The number of carbonyl (C=O) groups is 2. The fourth-order valence-corrected chi connectivity index (χ4v) is 4.09. The van der Waals surface area contributed by atoms with Gasteiger partial charge in [-0.1, -0.05) is 37.9 Å². The van der Waals surface area contributed by atoms with Gasteiger partial charge in [0.25, 0.3) is 0 Å². The van der Waals surface area contributed by atoms with E-state index in [1.54, 1.807) is 4.90 Å². The first kappa shape index (κ1) is 23.2. The van der Waals surface area contributed by atoms with Gasteiger partial charge in [0.1, 0.15) is 18.4 Å². The number of aryl methyl sites for hydroxylation is 2. The number of benzene rings is 1. The first-order valence-corrected chi connectivity index (χ1v) is 14.3. The first-order valence-electron chi connectivity index (χ1n) is 10.6. The number of hydrogen-bond donors (Lipinski definition) is 1. The van der Waals surface area contributed by atoms with E-state index in [1.807, 2.05) is 18.2 Å². The minimum Gasteiger partial charge on any atom is -0.492 e. The molecule has 0 aromatic heterocycles. The van der Waals surface area contributed by atoms with E-state index in [2.05, 4.69) is 51.0 Å². The molecular formula is C23H36N2O3Si. The van der Waals surface area contributed by atoms with Gasteiger partial charge in [0, 0.05) is 21.0 Å². The molecule has 1 atom stereocenters. The summed E-state index contributed by atoms with van der Waals surface area (Å²) >= 11 is 0. The second kappa shape index (κ2) is 10.6. The van der Waals surface area contributed by atoms with Crippen molar-refractivity contribution >= 4 is 19.9 Å². The smallest absolute Gasteiger partial charge is 0.245 e. The maximum Gasteiger partial charge on any atom is 0.245 e. The number of amides is 2. The van der Waals surface area contributed by atoms with Crippen molar-refractivity contribution in [2.24, 2.45) is 0 Å². The average Bonchev–Trinajstić information content (AvgIpc) is 2.65. The first-order chi connectivity index (χ1) is 13.7. The molecule has 1 N–H and O–H groups in total. The Morgan fingerprint density at radius 3 is 2.66 bits per heavy atom. The summed E-state index contributed by atoms with van der Waals surface area (Å²) in [6.45, 7) is 12.6. The molecule has 2 rings (SSSR count). The lowest BCUT2D eigenvalue weighted by atomic mass is 10.0. The van der Waals surface area contributed by atoms with E-state index in [9.17, 15) is 9.59 Å². The lowest BCUT2D eigenvalue weighted by Gasteiger charge is -2.29. The normalized spacial score (nSPS) is 17.3. The summed E-state index contributed by atoms with van der Waals surface area (Å²) in [7, 11) is -1.15. The fourth-order valence-electron chi connectivity index (χ4n) is 3.22. The van der Waals surface area contributed by atoms with Gasteiger partial charge in [0.05, 0.1) is 6.54 Å². The third kappa shape index (κ3) is 8.05. The number of nitrogens with one attached hydrogen (secondary N) is 1. The second-order valence-electron chi connectivity index (χ2n) is 9.13. The predicted octanol–water partition coefficient (Wildman–Crippen LogP) is 4.07. The predicted molar refractivity (Wildman–Crippen MR) is 121 cm³/mol. The Morgan fingerprint density at radius 2 is 2.00 bits per heavy atom. The van der Waals surface area contributed by atoms with E-state index in [-0.39, 0.29) is 11.8 Å². The van der Waals surface area contributed by atoms with Crippen LogP contribution in [0.15, 0.2) is 30.4 Å². The molecule has 1 aliphatic rings. The van der Waals surface area contributed by atoms with Crippen LogP contribution in [0.5, 0.6) is 5.75 Å². The van der Waals surface area contributed by atoms with Crippen molar-refractivity contribution in [2.45, 2.75) is 64.8 Å². The topological polar surface area (TPSA) is 58.6 Å². The Morgan fingerprint density at radius 1 is 1.24 bits per heavy atom. The van der Waals surface area contributed by atoms with Crippen LogP contribution in [0.4, 0.5) is 0 Å². The number of carbonyl (C=O) groups excluding carboxylic acids is 2. The third-order valence-corrected chi connectivity index (χ3v) is 6.63. The van der Waals surface area contributed by atoms with Crippen LogP contribution in [0.2, 0.25) is 25.7 Å². The summed E-state index contributed by atoms with van der Waals surface area (Å²) < 4.78 is 5.89. The molecule has 2 amide bonds. The zero-order chi connectivity index (χ0) is 21.4. The maximum atomic E-state index is 13.0. The van der Waals surface area contributed by atoms with E-state index in [1.165, 1.54) is 11.1 Å². The maximum absolute atomic E-state index is 13.0. The summed E-state index contributed by atoms with van der Waals surface area (Å²) in [6, 6.07) is 6.71. The summed E-state index contributed by atoms with van der Waals surface area (Å²) in [5.41, 5.74) is 2.42. The molecule has 1 saturated heterocycles. The highest BCUT2D eigenvalue weighted by molar-refractivity contribution is 6.76. The average molecular weight is 417 g/mol. The summed E-state index contributed by atoms with van der Waals surface area (Å²) in [5, 5.41) is 2.84. The number of hydrogen-bond acceptors (Lipinski definition) is 3. The van der Waals surface area contributed by atoms with E-state index in [0.717, 1.165) is 18.2 Å². The van der Waals surface area contributed by atoms with Gasteiger partial charge in [-0.15, -0.1) is 0 Å². The molecular weight excluding hydrogens is 380 g/mol. The highest BCUT2D eigenvalue weighted by Gasteiger charge is 2.28. The molecule has 0 radical (unpaired) electrons. The Labute approximate surface area is 176 Å². The Hall–Kier alpha value is -2.08. The molecule has 0 bridgehead atoms. The lowest BCUT2D eigenvalue weighted by molar-refractivity contribution is -0.137. The molecule has 29 heavy (non-hydrogen) atoms. The molecule has 0 aliphatic carbocycles. The Balaban J connectivity index is 1.97. The van der Waals surface area contributed by atoms with Gasteiger partial charge in [0.2, 0.25) is 11.8 Å². The molecule has 0 saturated carbocycles. The second-order valence-corrected chi connectivity index (χ2v) is 14.7. The summed E-state index contributed by atoms with van der Waals surface area (Å²) in [6.07, 6.45) is 6.25. The number of piperidine rings is 1. The number of allylic oxidation sites excluding steroid dienone is 1. The SMILES string of the molecule is Cc1ccc(OCCN(CC=CC[Si](C)(C)C)C(=O)[C@@H]2CCCC(=O)N2)cc1C.